The molecule has 0 spiro atoms. The van der Waals surface area contributed by atoms with Gasteiger partial charge >= 0.3 is 8.24 Å². The van der Waals surface area contributed by atoms with Crippen molar-refractivity contribution in [3.8, 4) is 22.3 Å². The lowest BCUT2D eigenvalue weighted by Gasteiger charge is -2.22. The molecule has 0 aliphatic carbocycles. The first kappa shape index (κ1) is 30.5. The van der Waals surface area contributed by atoms with Gasteiger partial charge in [-0.1, -0.05) is 130 Å². The molecule has 6 aromatic carbocycles. The van der Waals surface area contributed by atoms with E-state index in [1.165, 1.54) is 0 Å². The molecule has 0 unspecified atom stereocenters. The van der Waals surface area contributed by atoms with Crippen LogP contribution in [0, 0.1) is 5.41 Å². The number of aliphatic imine (C=N–C) groups is 1. The first-order valence-electron chi connectivity index (χ1n) is 16.5. The Morgan fingerprint density at radius 2 is 1.08 bits per heavy atom. The molecule has 48 heavy (non-hydrogen) atoms. The van der Waals surface area contributed by atoms with Crippen molar-refractivity contribution in [3.05, 3.63) is 121 Å². The summed E-state index contributed by atoms with van der Waals surface area (Å²) in [6, 6.07) is 42.3. The zero-order chi connectivity index (χ0) is 33.0. The second kappa shape index (κ2) is 11.7. The highest BCUT2D eigenvalue weighted by Gasteiger charge is 2.39. The van der Waals surface area contributed by atoms with E-state index in [1.54, 1.807) is 0 Å². The molecule has 1 atom stereocenters. The van der Waals surface area contributed by atoms with Gasteiger partial charge in [0.05, 0.1) is 6.04 Å². The third kappa shape index (κ3) is 5.38. The third-order valence-electron chi connectivity index (χ3n) is 9.22. The molecule has 0 N–H and O–H groups in total. The van der Waals surface area contributed by atoms with Gasteiger partial charge in [-0.25, -0.2) is 4.99 Å². The maximum Gasteiger partial charge on any atom is 0.388 e. The minimum atomic E-state index is -2.00. The Bertz CT molecular complexity index is 2250. The molecule has 0 amide bonds. The molecule has 0 saturated carbocycles. The van der Waals surface area contributed by atoms with E-state index in [1.807, 2.05) is 26.0 Å². The molecule has 1 aliphatic heterocycles. The highest BCUT2D eigenvalue weighted by atomic mass is 31.1. The molecule has 0 fully saturated rings. The average molecular weight is 652 g/mol. The van der Waals surface area contributed by atoms with Gasteiger partial charge in [0.2, 0.25) is 5.90 Å². The van der Waals surface area contributed by atoms with Crippen LogP contribution in [0.15, 0.2) is 135 Å². The van der Waals surface area contributed by atoms with Crippen LogP contribution in [-0.4, -0.2) is 24.1 Å². The molecular formula is C42H38NO4P. The summed E-state index contributed by atoms with van der Waals surface area (Å²) >= 11 is 0. The Morgan fingerprint density at radius 3 is 1.54 bits per heavy atom. The summed E-state index contributed by atoms with van der Waals surface area (Å²) in [6.45, 7) is 11.0. The van der Waals surface area contributed by atoms with Gasteiger partial charge in [0, 0.05) is 21.9 Å². The fourth-order valence-corrected chi connectivity index (χ4v) is 7.82. The van der Waals surface area contributed by atoms with Gasteiger partial charge in [-0.15, -0.1) is 0 Å². The highest BCUT2D eigenvalue weighted by Crippen LogP contribution is 2.47. The van der Waals surface area contributed by atoms with Gasteiger partial charge in [0.1, 0.15) is 6.61 Å². The van der Waals surface area contributed by atoms with Crippen molar-refractivity contribution in [3.63, 3.8) is 0 Å². The van der Waals surface area contributed by atoms with E-state index in [-0.39, 0.29) is 11.5 Å². The lowest BCUT2D eigenvalue weighted by molar-refractivity contribution is 0.177. The van der Waals surface area contributed by atoms with E-state index in [4.69, 9.17) is 22.6 Å². The van der Waals surface area contributed by atoms with E-state index in [0.29, 0.717) is 12.5 Å². The standard InChI is InChI=1S/C42H38NO4P/c1-41(2,3)35-26-44-40(43-35)42(4,5)47-48-45-38-33(27-16-8-6-9-17-27)24-29-20-12-14-22-31(29)36(38)37-32-23-15-13-21-30(32)25-34(39(37)46-48)28-18-10-7-11-19-28/h6-25,35H,26H2,1-5H3/t35-/m1/s1. The Morgan fingerprint density at radius 1 is 0.625 bits per heavy atom. The summed E-state index contributed by atoms with van der Waals surface area (Å²) in [4.78, 5) is 4.99. The summed E-state index contributed by atoms with van der Waals surface area (Å²) in [5, 5.41) is 6.38. The van der Waals surface area contributed by atoms with Crippen molar-refractivity contribution in [2.45, 2.75) is 46.3 Å². The number of nitrogens with zero attached hydrogens (tertiary/aromatic N) is 1. The quantitative estimate of drug-likeness (QED) is 0.186. The van der Waals surface area contributed by atoms with Crippen molar-refractivity contribution in [1.29, 1.82) is 0 Å². The van der Waals surface area contributed by atoms with Crippen molar-refractivity contribution in [1.82, 2.24) is 0 Å². The second-order valence-electron chi connectivity index (χ2n) is 14.1. The van der Waals surface area contributed by atoms with Crippen LogP contribution in [-0.2, 0) is 4.74 Å². The molecule has 1 aliphatic rings. The monoisotopic (exact) mass is 651 g/mol. The predicted octanol–water partition coefficient (Wildman–Crippen LogP) is 12.0. The van der Waals surface area contributed by atoms with Crippen molar-refractivity contribution >= 4 is 57.6 Å². The average Bonchev–Trinajstić information content (AvgIpc) is 3.56. The molecule has 2 heterocycles. The molecule has 6 heteroatoms. The van der Waals surface area contributed by atoms with Gasteiger partial charge < -0.3 is 13.1 Å². The summed E-state index contributed by atoms with van der Waals surface area (Å²) < 4.78 is 27.2. The first-order chi connectivity index (χ1) is 23.2. The summed E-state index contributed by atoms with van der Waals surface area (Å²) in [5.41, 5.74) is 4.58. The molecule has 240 valence electrons. The van der Waals surface area contributed by atoms with Crippen LogP contribution in [0.3, 0.4) is 0 Å². The summed E-state index contributed by atoms with van der Waals surface area (Å²) in [5.74, 6) is 0.561. The Balaban J connectivity index is 1.53. The number of rotatable bonds is 5. The molecule has 0 saturated heterocycles. The molecular weight excluding hydrogens is 613 g/mol. The number of fused-ring (bicyclic) bond motifs is 7. The second-order valence-corrected chi connectivity index (χ2v) is 15.1. The van der Waals surface area contributed by atoms with Gasteiger partial charge in [-0.3, -0.25) is 4.52 Å². The fourth-order valence-electron chi connectivity index (χ4n) is 6.58. The van der Waals surface area contributed by atoms with Crippen molar-refractivity contribution in [2.24, 2.45) is 10.4 Å². The Kier molecular flexibility index (Phi) is 7.43. The van der Waals surface area contributed by atoms with E-state index in [9.17, 15) is 0 Å². The van der Waals surface area contributed by atoms with Crippen LogP contribution in [0.2, 0.25) is 0 Å². The minimum absolute atomic E-state index is 0.0341. The van der Waals surface area contributed by atoms with Crippen LogP contribution >= 0.6 is 8.24 Å². The molecule has 0 bridgehead atoms. The van der Waals surface area contributed by atoms with E-state index in [2.05, 4.69) is 130 Å². The van der Waals surface area contributed by atoms with Crippen LogP contribution in [0.4, 0.5) is 0 Å². The predicted molar refractivity (Wildman–Crippen MR) is 199 cm³/mol. The maximum absolute atomic E-state index is 7.07. The molecule has 8 rings (SSSR count). The maximum atomic E-state index is 7.07. The number of hydrogen-bond acceptors (Lipinski definition) is 5. The number of benzene rings is 6. The van der Waals surface area contributed by atoms with Crippen LogP contribution in [0.25, 0.3) is 65.7 Å². The van der Waals surface area contributed by atoms with Gasteiger partial charge in [0.25, 0.3) is 0 Å². The molecule has 7 aromatic rings. The Labute approximate surface area is 281 Å². The Hall–Kier alpha value is -4.83. The fraction of sp³-hybridized carbons (Fsp3) is 0.214. The van der Waals surface area contributed by atoms with E-state index >= 15 is 0 Å². The van der Waals surface area contributed by atoms with Crippen molar-refractivity contribution in [2.75, 3.05) is 6.61 Å². The smallest absolute Gasteiger partial charge is 0.388 e. The van der Waals surface area contributed by atoms with Gasteiger partial charge in [0.15, 0.2) is 16.8 Å². The van der Waals surface area contributed by atoms with Crippen LogP contribution < -0.4 is 4.52 Å². The van der Waals surface area contributed by atoms with E-state index in [0.717, 1.165) is 65.7 Å². The van der Waals surface area contributed by atoms with Crippen LogP contribution in [0.5, 0.6) is 0 Å². The minimum Gasteiger partial charge on any atom is -0.477 e. The van der Waals surface area contributed by atoms with Gasteiger partial charge in [-0.05, 0) is 64.1 Å². The zero-order valence-electron chi connectivity index (χ0n) is 27.9. The highest BCUT2D eigenvalue weighted by molar-refractivity contribution is 7.32. The van der Waals surface area contributed by atoms with E-state index < -0.39 is 13.8 Å². The van der Waals surface area contributed by atoms with Gasteiger partial charge in [-0.2, -0.15) is 0 Å². The number of hydrogen-bond donors (Lipinski definition) is 0. The van der Waals surface area contributed by atoms with Crippen molar-refractivity contribution < 1.29 is 17.7 Å². The number of ether oxygens (including phenoxy) is 1. The topological polar surface area (TPSA) is 57.1 Å². The first-order valence-corrected chi connectivity index (χ1v) is 17.6. The largest absolute Gasteiger partial charge is 0.477 e. The molecule has 5 nitrogen and oxygen atoms in total. The summed E-state index contributed by atoms with van der Waals surface area (Å²) in [7, 11) is -2.00. The van der Waals surface area contributed by atoms with Crippen LogP contribution in [0.1, 0.15) is 34.6 Å². The lowest BCUT2D eigenvalue weighted by Crippen LogP contribution is -2.37. The lowest BCUT2D eigenvalue weighted by atomic mass is 9.88. The SMILES string of the molecule is CC(C)(Op1oc2c(-c3ccccc3)cc3ccccc3c2c2c(o1)c(-c1ccccc1)cc1ccccc12)C1=N[C@@H](C(C)(C)C)CO1. The zero-order valence-corrected chi connectivity index (χ0v) is 28.8. The third-order valence-corrected chi connectivity index (χ3v) is 10.5. The normalized spacial score (nSPS) is 15.3. The summed E-state index contributed by atoms with van der Waals surface area (Å²) in [6.07, 6.45) is 0. The molecule has 1 aromatic heterocycles. The molecule has 0 radical (unpaired) electrons.